The number of fused-ring (bicyclic) bond motifs is 7. The Bertz CT molecular complexity index is 734. The molecule has 0 aromatic heterocycles. The maximum Gasteiger partial charge on any atom is 0.226 e. The molecule has 4 aliphatic carbocycles. The molecule has 28 heavy (non-hydrogen) atoms. The number of carbonyl (C=O) groups excluding carboxylic acids is 1. The van der Waals surface area contributed by atoms with Crippen LogP contribution in [0.2, 0.25) is 0 Å². The summed E-state index contributed by atoms with van der Waals surface area (Å²) in [7, 11) is 0. The number of ketones is 1. The van der Waals surface area contributed by atoms with Crippen molar-refractivity contribution >= 4 is 5.78 Å². The van der Waals surface area contributed by atoms with Gasteiger partial charge in [0, 0.05) is 11.8 Å². The standard InChI is InChI=1S/C23H32O5/c1-20-8-5-16(24)11-15(20)3-4-17-18(20)6-9-21(2)19(17)7-10-22(21)23(28-14-26-22)12-25-13-27-23/h11,17-19H,3-10,12-14H2,1-2H3/t17-,18+,19+,20+,21-,22-,23+/m1/s1. The molecule has 6 rings (SSSR count). The summed E-state index contributed by atoms with van der Waals surface area (Å²) in [6, 6.07) is 0. The lowest BCUT2D eigenvalue weighted by Crippen LogP contribution is -2.63. The van der Waals surface area contributed by atoms with E-state index in [0.717, 1.165) is 32.1 Å². The minimum atomic E-state index is -0.718. The smallest absolute Gasteiger partial charge is 0.226 e. The van der Waals surface area contributed by atoms with Crippen LogP contribution < -0.4 is 0 Å². The second kappa shape index (κ2) is 5.69. The monoisotopic (exact) mass is 388 g/mol. The van der Waals surface area contributed by atoms with Gasteiger partial charge in [-0.05, 0) is 74.2 Å². The van der Waals surface area contributed by atoms with Crippen LogP contribution in [-0.4, -0.2) is 37.4 Å². The van der Waals surface area contributed by atoms with Gasteiger partial charge in [0.05, 0.1) is 0 Å². The van der Waals surface area contributed by atoms with E-state index in [1.54, 1.807) is 0 Å². The van der Waals surface area contributed by atoms with Crippen LogP contribution in [0.25, 0.3) is 0 Å². The Morgan fingerprint density at radius 2 is 1.75 bits per heavy atom. The van der Waals surface area contributed by atoms with Gasteiger partial charge in [-0.1, -0.05) is 19.4 Å². The van der Waals surface area contributed by atoms with E-state index in [2.05, 4.69) is 13.8 Å². The van der Waals surface area contributed by atoms with Gasteiger partial charge in [-0.15, -0.1) is 0 Å². The van der Waals surface area contributed by atoms with E-state index in [-0.39, 0.29) is 16.4 Å². The molecule has 2 aliphatic heterocycles. The third kappa shape index (κ3) is 1.95. The molecule has 0 amide bonds. The second-order valence-corrected chi connectivity index (χ2v) is 10.6. The van der Waals surface area contributed by atoms with Crippen LogP contribution in [0.4, 0.5) is 0 Å². The van der Waals surface area contributed by atoms with Crippen molar-refractivity contribution in [3.63, 3.8) is 0 Å². The molecule has 2 heterocycles. The van der Waals surface area contributed by atoms with Crippen molar-refractivity contribution in [1.29, 1.82) is 0 Å². The highest BCUT2D eigenvalue weighted by molar-refractivity contribution is 5.91. The Hall–Kier alpha value is -0.750. The predicted molar refractivity (Wildman–Crippen MR) is 101 cm³/mol. The van der Waals surface area contributed by atoms with Gasteiger partial charge >= 0.3 is 0 Å². The zero-order valence-corrected chi connectivity index (χ0v) is 17.1. The average molecular weight is 389 g/mol. The fraction of sp³-hybridized carbons (Fsp3) is 0.870. The van der Waals surface area contributed by atoms with Crippen LogP contribution in [-0.2, 0) is 23.7 Å². The Morgan fingerprint density at radius 3 is 2.57 bits per heavy atom. The van der Waals surface area contributed by atoms with Crippen molar-refractivity contribution < 1.29 is 23.7 Å². The summed E-state index contributed by atoms with van der Waals surface area (Å²) in [5.41, 5.74) is 1.32. The second-order valence-electron chi connectivity index (χ2n) is 10.6. The van der Waals surface area contributed by atoms with E-state index in [1.165, 1.54) is 24.8 Å². The minimum Gasteiger partial charge on any atom is -0.350 e. The Kier molecular flexibility index (Phi) is 3.67. The third-order valence-corrected chi connectivity index (χ3v) is 9.96. The Labute approximate surface area is 167 Å². The molecule has 5 nitrogen and oxygen atoms in total. The highest BCUT2D eigenvalue weighted by Gasteiger charge is 2.75. The highest BCUT2D eigenvalue weighted by atomic mass is 16.9. The molecule has 0 aromatic carbocycles. The van der Waals surface area contributed by atoms with Crippen LogP contribution in [0.1, 0.15) is 65.2 Å². The van der Waals surface area contributed by atoms with Crippen molar-refractivity contribution in [2.24, 2.45) is 28.6 Å². The van der Waals surface area contributed by atoms with Crippen LogP contribution >= 0.6 is 0 Å². The van der Waals surface area contributed by atoms with Crippen molar-refractivity contribution in [3.8, 4) is 0 Å². The van der Waals surface area contributed by atoms with Crippen molar-refractivity contribution in [3.05, 3.63) is 11.6 Å². The van der Waals surface area contributed by atoms with Gasteiger partial charge in [0.1, 0.15) is 12.2 Å². The summed E-state index contributed by atoms with van der Waals surface area (Å²) in [6.07, 6.45) is 10.6. The molecule has 2 saturated heterocycles. The van der Waals surface area contributed by atoms with E-state index < -0.39 is 5.79 Å². The minimum absolute atomic E-state index is 0.0560. The first-order valence-corrected chi connectivity index (χ1v) is 11.2. The van der Waals surface area contributed by atoms with Gasteiger partial charge in [0.25, 0.3) is 0 Å². The summed E-state index contributed by atoms with van der Waals surface area (Å²) in [5, 5.41) is 0. The number of ether oxygens (including phenoxy) is 4. The summed E-state index contributed by atoms with van der Waals surface area (Å²) >= 11 is 0. The SMILES string of the molecule is C[C@]12CCC(=O)C=C1CC[C@@H]1[C@@H]2CC[C@]2(C)[C@H]1CC[C@@]21OCO[C@@]12COCO2. The lowest BCUT2D eigenvalue weighted by atomic mass is 9.46. The van der Waals surface area contributed by atoms with Crippen LogP contribution in [0.15, 0.2) is 11.6 Å². The van der Waals surface area contributed by atoms with E-state index in [0.29, 0.717) is 43.7 Å². The quantitative estimate of drug-likeness (QED) is 0.629. The van der Waals surface area contributed by atoms with Gasteiger partial charge in [-0.25, -0.2) is 0 Å². The molecule has 6 aliphatic rings. The van der Waals surface area contributed by atoms with E-state index >= 15 is 0 Å². The lowest BCUT2D eigenvalue weighted by Gasteiger charge is -2.60. The molecule has 154 valence electrons. The maximum absolute atomic E-state index is 12.0. The maximum atomic E-state index is 12.0. The lowest BCUT2D eigenvalue weighted by molar-refractivity contribution is -0.248. The van der Waals surface area contributed by atoms with Crippen molar-refractivity contribution in [1.82, 2.24) is 0 Å². The topological polar surface area (TPSA) is 54.0 Å². The molecule has 0 N–H and O–H groups in total. The molecular weight excluding hydrogens is 356 g/mol. The summed E-state index contributed by atoms with van der Waals surface area (Å²) in [5.74, 6) is 1.64. The van der Waals surface area contributed by atoms with E-state index in [4.69, 9.17) is 18.9 Å². The van der Waals surface area contributed by atoms with E-state index in [1.807, 2.05) is 6.08 Å². The van der Waals surface area contributed by atoms with Crippen LogP contribution in [0, 0.1) is 28.6 Å². The molecule has 0 bridgehead atoms. The highest BCUT2D eigenvalue weighted by Crippen LogP contribution is 2.71. The molecular formula is C23H32O5. The number of rotatable bonds is 0. The van der Waals surface area contributed by atoms with Gasteiger partial charge in [0.15, 0.2) is 19.4 Å². The van der Waals surface area contributed by atoms with Gasteiger partial charge in [-0.2, -0.15) is 0 Å². The van der Waals surface area contributed by atoms with Gasteiger partial charge in [0.2, 0.25) is 5.79 Å². The fourth-order valence-electron chi connectivity index (χ4n) is 8.54. The van der Waals surface area contributed by atoms with Crippen molar-refractivity contribution in [2.75, 3.05) is 20.2 Å². The first-order chi connectivity index (χ1) is 13.4. The summed E-state index contributed by atoms with van der Waals surface area (Å²) in [4.78, 5) is 12.0. The molecule has 7 atom stereocenters. The molecule has 3 saturated carbocycles. The van der Waals surface area contributed by atoms with Crippen LogP contribution in [0.5, 0.6) is 0 Å². The molecule has 5 heteroatoms. The first-order valence-electron chi connectivity index (χ1n) is 11.2. The predicted octanol–water partition coefficient (Wildman–Crippen LogP) is 3.96. The fourth-order valence-corrected chi connectivity index (χ4v) is 8.54. The van der Waals surface area contributed by atoms with Crippen LogP contribution in [0.3, 0.4) is 0 Å². The van der Waals surface area contributed by atoms with E-state index in [9.17, 15) is 4.79 Å². The normalized spacial score (nSPS) is 55.3. The number of hydrogen-bond donors (Lipinski definition) is 0. The molecule has 0 aromatic rings. The summed E-state index contributed by atoms with van der Waals surface area (Å²) < 4.78 is 24.3. The summed E-state index contributed by atoms with van der Waals surface area (Å²) in [6.45, 7) is 5.98. The number of hydrogen-bond acceptors (Lipinski definition) is 5. The van der Waals surface area contributed by atoms with Gasteiger partial charge in [-0.3, -0.25) is 4.79 Å². The molecule has 0 radical (unpaired) electrons. The van der Waals surface area contributed by atoms with Crippen molar-refractivity contribution in [2.45, 2.75) is 76.6 Å². The molecule has 5 fully saturated rings. The first kappa shape index (κ1) is 18.1. The average Bonchev–Trinajstić information content (AvgIpc) is 3.37. The Morgan fingerprint density at radius 1 is 0.929 bits per heavy atom. The largest absolute Gasteiger partial charge is 0.350 e. The molecule has 2 spiro atoms. The zero-order valence-electron chi connectivity index (χ0n) is 17.1. The number of carbonyl (C=O) groups is 1. The third-order valence-electron chi connectivity index (χ3n) is 9.96. The Balaban J connectivity index is 1.37. The zero-order chi connectivity index (χ0) is 19.2. The van der Waals surface area contributed by atoms with Gasteiger partial charge < -0.3 is 18.9 Å². The number of allylic oxidation sites excluding steroid dienone is 1. The molecule has 0 unspecified atom stereocenters.